The highest BCUT2D eigenvalue weighted by Gasteiger charge is 2.33. The molecule has 0 radical (unpaired) electrons. The van der Waals surface area contributed by atoms with Crippen molar-refractivity contribution in [3.8, 4) is 0 Å². The molecule has 1 aromatic carbocycles. The molecule has 0 bridgehead atoms. The van der Waals surface area contributed by atoms with Crippen LogP contribution in [0.1, 0.15) is 42.4 Å². The third-order valence-electron chi connectivity index (χ3n) is 5.54. The molecule has 0 saturated heterocycles. The molecule has 7 nitrogen and oxygen atoms in total. The van der Waals surface area contributed by atoms with E-state index in [1.54, 1.807) is 7.05 Å². The van der Waals surface area contributed by atoms with Gasteiger partial charge in [-0.15, -0.1) is 0 Å². The lowest BCUT2D eigenvalue weighted by Crippen LogP contribution is -2.51. The zero-order valence-corrected chi connectivity index (χ0v) is 18.3. The fraction of sp³-hybridized carbons (Fsp3) is 0.476. The van der Waals surface area contributed by atoms with Crippen LogP contribution in [-0.4, -0.2) is 42.9 Å². The molecule has 1 aliphatic heterocycles. The number of fused-ring (bicyclic) bond motifs is 1. The topological polar surface area (TPSA) is 97.4 Å². The Kier molecular flexibility index (Phi) is 5.89. The number of carbonyl (C=O) groups is 1. The Morgan fingerprint density at radius 3 is 2.48 bits per heavy atom. The molecule has 1 unspecified atom stereocenters. The molecule has 1 aromatic heterocycles. The molecule has 8 heteroatoms. The van der Waals surface area contributed by atoms with Gasteiger partial charge in [0.2, 0.25) is 10.0 Å². The van der Waals surface area contributed by atoms with Gasteiger partial charge in [-0.1, -0.05) is 45.0 Å². The van der Waals surface area contributed by atoms with E-state index < -0.39 is 15.9 Å². The second-order valence-electron chi connectivity index (χ2n) is 8.83. The molecule has 1 amide bonds. The molecular formula is C21H30N4O3S. The van der Waals surface area contributed by atoms with Crippen molar-refractivity contribution in [2.45, 2.75) is 44.7 Å². The predicted molar refractivity (Wildman–Crippen MR) is 113 cm³/mol. The summed E-state index contributed by atoms with van der Waals surface area (Å²) >= 11 is 0. The lowest BCUT2D eigenvalue weighted by molar-refractivity contribution is 0.0992. The van der Waals surface area contributed by atoms with E-state index in [-0.39, 0.29) is 22.0 Å². The first kappa shape index (κ1) is 21.5. The minimum absolute atomic E-state index is 0.0482. The molecule has 3 N–H and O–H groups in total. The molecule has 0 saturated carbocycles. The molecule has 2 heterocycles. The van der Waals surface area contributed by atoms with E-state index in [0.717, 1.165) is 19.5 Å². The van der Waals surface area contributed by atoms with Crippen molar-refractivity contribution in [2.75, 3.05) is 13.1 Å². The van der Waals surface area contributed by atoms with E-state index in [4.69, 9.17) is 5.73 Å². The van der Waals surface area contributed by atoms with Gasteiger partial charge in [-0.2, -0.15) is 0 Å². The molecule has 0 fully saturated rings. The third-order valence-corrected chi connectivity index (χ3v) is 6.97. The van der Waals surface area contributed by atoms with Crippen LogP contribution in [0.2, 0.25) is 0 Å². The number of hydrogen-bond donors (Lipinski definition) is 2. The smallest absolute Gasteiger partial charge is 0.265 e. The van der Waals surface area contributed by atoms with Crippen molar-refractivity contribution in [3.63, 3.8) is 0 Å². The van der Waals surface area contributed by atoms with Crippen LogP contribution in [0.5, 0.6) is 0 Å². The Labute approximate surface area is 172 Å². The van der Waals surface area contributed by atoms with Gasteiger partial charge in [0.1, 0.15) is 10.6 Å². The second-order valence-corrected chi connectivity index (χ2v) is 10.5. The first-order valence-electron chi connectivity index (χ1n) is 9.75. The average Bonchev–Trinajstić information content (AvgIpc) is 3.03. The highest BCUT2D eigenvalue weighted by molar-refractivity contribution is 7.89. The molecule has 29 heavy (non-hydrogen) atoms. The van der Waals surface area contributed by atoms with Crippen molar-refractivity contribution in [1.29, 1.82) is 0 Å². The summed E-state index contributed by atoms with van der Waals surface area (Å²) in [6.45, 7) is 8.38. The first-order valence-corrected chi connectivity index (χ1v) is 11.2. The standard InChI is InChI=1S/C21H30N4O3S/c1-21(2,3)19(14-25-10-9-15-7-5-6-8-16(15)12-25)23-29(27,28)17-11-18(20(22)26)24(4)13-17/h5-8,11,13,19,23H,9-10,12,14H2,1-4H3,(H2,22,26). The van der Waals surface area contributed by atoms with Gasteiger partial charge in [-0.25, -0.2) is 13.1 Å². The summed E-state index contributed by atoms with van der Waals surface area (Å²) in [6.07, 6.45) is 2.37. The van der Waals surface area contributed by atoms with Crippen molar-refractivity contribution in [3.05, 3.63) is 53.3 Å². The number of hydrogen-bond acceptors (Lipinski definition) is 4. The minimum atomic E-state index is -3.79. The van der Waals surface area contributed by atoms with Crippen molar-refractivity contribution in [2.24, 2.45) is 18.2 Å². The molecule has 158 valence electrons. The van der Waals surface area contributed by atoms with Crippen molar-refractivity contribution in [1.82, 2.24) is 14.2 Å². The average molecular weight is 419 g/mol. The highest BCUT2D eigenvalue weighted by atomic mass is 32.2. The summed E-state index contributed by atoms with van der Waals surface area (Å²) < 4.78 is 30.3. The van der Waals surface area contributed by atoms with Crippen LogP contribution in [-0.2, 0) is 30.0 Å². The van der Waals surface area contributed by atoms with Gasteiger partial charge < -0.3 is 10.3 Å². The Morgan fingerprint density at radius 2 is 1.90 bits per heavy atom. The Bertz CT molecular complexity index is 1010. The predicted octanol–water partition coefficient (Wildman–Crippen LogP) is 1.88. The van der Waals surface area contributed by atoms with Gasteiger partial charge >= 0.3 is 0 Å². The maximum atomic E-state index is 13.0. The van der Waals surface area contributed by atoms with Crippen LogP contribution in [0.3, 0.4) is 0 Å². The minimum Gasteiger partial charge on any atom is -0.364 e. The van der Waals surface area contributed by atoms with E-state index >= 15 is 0 Å². The van der Waals surface area contributed by atoms with Crippen LogP contribution >= 0.6 is 0 Å². The highest BCUT2D eigenvalue weighted by Crippen LogP contribution is 2.26. The summed E-state index contributed by atoms with van der Waals surface area (Å²) in [5, 5.41) is 0. The van der Waals surface area contributed by atoms with Crippen LogP contribution < -0.4 is 10.5 Å². The Hall–Kier alpha value is -2.16. The van der Waals surface area contributed by atoms with Gasteiger partial charge in [0.05, 0.1) is 0 Å². The van der Waals surface area contributed by atoms with E-state index in [1.807, 2.05) is 26.8 Å². The van der Waals surface area contributed by atoms with Crippen LogP contribution in [0, 0.1) is 5.41 Å². The number of aromatic nitrogens is 1. The lowest BCUT2D eigenvalue weighted by atomic mass is 9.86. The van der Waals surface area contributed by atoms with E-state index in [9.17, 15) is 13.2 Å². The van der Waals surface area contributed by atoms with Crippen molar-refractivity contribution < 1.29 is 13.2 Å². The zero-order chi connectivity index (χ0) is 21.4. The summed E-state index contributed by atoms with van der Waals surface area (Å²) in [4.78, 5) is 13.8. The van der Waals surface area contributed by atoms with E-state index in [2.05, 4.69) is 27.8 Å². The van der Waals surface area contributed by atoms with Gasteiger partial charge in [0.25, 0.3) is 5.91 Å². The summed E-state index contributed by atoms with van der Waals surface area (Å²) in [5.74, 6) is -0.659. The largest absolute Gasteiger partial charge is 0.364 e. The number of nitrogens with one attached hydrogen (secondary N) is 1. The molecule has 1 atom stereocenters. The maximum Gasteiger partial charge on any atom is 0.265 e. The van der Waals surface area contributed by atoms with Gasteiger partial charge in [0, 0.05) is 38.9 Å². The zero-order valence-electron chi connectivity index (χ0n) is 17.5. The molecular weight excluding hydrogens is 388 g/mol. The van der Waals surface area contributed by atoms with Crippen molar-refractivity contribution >= 4 is 15.9 Å². The number of amides is 1. The number of nitrogens with zero attached hydrogens (tertiary/aromatic N) is 2. The third kappa shape index (κ3) is 4.88. The van der Waals surface area contributed by atoms with Gasteiger partial charge in [-0.3, -0.25) is 9.69 Å². The van der Waals surface area contributed by atoms with E-state index in [0.29, 0.717) is 6.54 Å². The summed E-state index contributed by atoms with van der Waals surface area (Å²) in [6, 6.07) is 9.41. The van der Waals surface area contributed by atoms with Gasteiger partial charge in [-0.05, 0) is 29.0 Å². The normalized spacial score (nSPS) is 16.4. The molecule has 1 aliphatic rings. The van der Waals surface area contributed by atoms with Crippen LogP contribution in [0.4, 0.5) is 0 Å². The number of sulfonamides is 1. The molecule has 0 spiro atoms. The first-order chi connectivity index (χ1) is 13.5. The fourth-order valence-corrected chi connectivity index (χ4v) is 5.14. The summed E-state index contributed by atoms with van der Waals surface area (Å²) in [7, 11) is -2.19. The SMILES string of the molecule is Cn1cc(S(=O)(=O)NC(CN2CCc3ccccc3C2)C(C)(C)C)cc1C(N)=O. The second kappa shape index (κ2) is 7.93. The molecule has 3 rings (SSSR count). The Balaban J connectivity index is 1.79. The molecule has 2 aromatic rings. The summed E-state index contributed by atoms with van der Waals surface area (Å²) in [5.41, 5.74) is 7.85. The number of primary amides is 1. The monoisotopic (exact) mass is 418 g/mol. The fourth-order valence-electron chi connectivity index (χ4n) is 3.64. The number of nitrogens with two attached hydrogens (primary N) is 1. The van der Waals surface area contributed by atoms with Crippen LogP contribution in [0.15, 0.2) is 41.4 Å². The quantitative estimate of drug-likeness (QED) is 0.748. The number of aryl methyl sites for hydroxylation is 1. The number of carbonyl (C=O) groups excluding carboxylic acids is 1. The lowest BCUT2D eigenvalue weighted by Gasteiger charge is -2.37. The van der Waals surface area contributed by atoms with E-state index in [1.165, 1.54) is 28.0 Å². The van der Waals surface area contributed by atoms with Gasteiger partial charge in [0.15, 0.2) is 0 Å². The number of benzene rings is 1. The maximum absolute atomic E-state index is 13.0. The molecule has 0 aliphatic carbocycles. The number of rotatable bonds is 6. The van der Waals surface area contributed by atoms with Crippen LogP contribution in [0.25, 0.3) is 0 Å². The Morgan fingerprint density at radius 1 is 1.24 bits per heavy atom.